The van der Waals surface area contributed by atoms with Crippen molar-refractivity contribution in [2.45, 2.75) is 6.18 Å². The van der Waals surface area contributed by atoms with Crippen LogP contribution in [0.3, 0.4) is 0 Å². The molecule has 1 heterocycles. The normalized spacial score (nSPS) is 13.8. The number of hydrogen-bond acceptors (Lipinski definition) is 7. The van der Waals surface area contributed by atoms with E-state index in [2.05, 4.69) is 5.32 Å². The van der Waals surface area contributed by atoms with E-state index in [4.69, 9.17) is 14.2 Å². The Morgan fingerprint density at radius 2 is 1.80 bits per heavy atom. The molecular weight excluding hydrogens is 483 g/mol. The summed E-state index contributed by atoms with van der Waals surface area (Å²) in [5.41, 5.74) is -1.98. The number of hydrogen-bond donors (Lipinski definition) is 2. The summed E-state index contributed by atoms with van der Waals surface area (Å²) in [6.45, 7) is -0.655. The van der Waals surface area contributed by atoms with Crippen molar-refractivity contribution < 1.29 is 50.9 Å². The number of aliphatic hydroxyl groups is 1. The lowest BCUT2D eigenvalue weighted by atomic mass is 10.2. The SMILES string of the molecule is COC(=O)C1=C(Nc2cc(OC)ccc2Oc2c(F)cc(C(F)(F)F)cc2F)C(=O)N(CCO)C1. The molecule has 0 spiro atoms. The lowest BCUT2D eigenvalue weighted by Gasteiger charge is -2.17. The number of carbonyl (C=O) groups is 2. The second-order valence-electron chi connectivity index (χ2n) is 7.15. The third kappa shape index (κ3) is 5.45. The molecule has 8 nitrogen and oxygen atoms in total. The molecule has 1 aliphatic rings. The van der Waals surface area contributed by atoms with E-state index in [-0.39, 0.29) is 60.3 Å². The molecule has 0 saturated carbocycles. The number of aliphatic hydroxyl groups excluding tert-OH is 1. The Hall–Kier alpha value is -3.87. The fraction of sp³-hybridized carbons (Fsp3) is 0.273. The van der Waals surface area contributed by atoms with Crippen LogP contribution in [-0.4, -0.2) is 55.8 Å². The van der Waals surface area contributed by atoms with E-state index < -0.39 is 41.0 Å². The van der Waals surface area contributed by atoms with Gasteiger partial charge < -0.3 is 29.5 Å². The third-order valence-corrected chi connectivity index (χ3v) is 4.94. The van der Waals surface area contributed by atoms with Gasteiger partial charge in [-0.25, -0.2) is 13.6 Å². The minimum atomic E-state index is -4.98. The second-order valence-corrected chi connectivity index (χ2v) is 7.15. The van der Waals surface area contributed by atoms with Crippen molar-refractivity contribution in [3.63, 3.8) is 0 Å². The van der Waals surface area contributed by atoms with Gasteiger partial charge in [-0.1, -0.05) is 0 Å². The Labute approximate surface area is 195 Å². The number of nitrogens with one attached hydrogen (secondary N) is 1. The highest BCUT2D eigenvalue weighted by atomic mass is 19.4. The quantitative estimate of drug-likeness (QED) is 0.422. The minimum absolute atomic E-state index is 0.0835. The monoisotopic (exact) mass is 502 g/mol. The van der Waals surface area contributed by atoms with Gasteiger partial charge in [0.25, 0.3) is 5.91 Å². The van der Waals surface area contributed by atoms with Gasteiger partial charge in [-0.2, -0.15) is 13.2 Å². The summed E-state index contributed by atoms with van der Waals surface area (Å²) in [4.78, 5) is 26.1. The number of β-amino-alcohol motifs (C(OH)–C–C–N with tert-alkyl or cyclic N) is 1. The van der Waals surface area contributed by atoms with Crippen LogP contribution in [0.1, 0.15) is 5.56 Å². The zero-order valence-electron chi connectivity index (χ0n) is 18.3. The van der Waals surface area contributed by atoms with Crippen molar-refractivity contribution in [3.8, 4) is 17.2 Å². The number of rotatable bonds is 8. The Balaban J connectivity index is 2.04. The summed E-state index contributed by atoms with van der Waals surface area (Å²) in [5.74, 6) is -5.95. The van der Waals surface area contributed by atoms with E-state index in [1.807, 2.05) is 0 Å². The largest absolute Gasteiger partial charge is 0.497 e. The lowest BCUT2D eigenvalue weighted by Crippen LogP contribution is -2.31. The number of alkyl halides is 3. The first-order chi connectivity index (χ1) is 16.5. The topological polar surface area (TPSA) is 97.3 Å². The number of halogens is 5. The van der Waals surface area contributed by atoms with E-state index in [9.17, 15) is 36.6 Å². The predicted octanol–water partition coefficient (Wildman–Crippen LogP) is 3.46. The maximum atomic E-state index is 14.4. The fourth-order valence-corrected chi connectivity index (χ4v) is 3.24. The molecule has 0 fully saturated rings. The van der Waals surface area contributed by atoms with Crippen LogP contribution < -0.4 is 14.8 Å². The predicted molar refractivity (Wildman–Crippen MR) is 111 cm³/mol. The number of methoxy groups -OCH3 is 2. The Kier molecular flexibility index (Phi) is 7.48. The summed E-state index contributed by atoms with van der Waals surface area (Å²) in [6, 6.07) is 3.98. The van der Waals surface area contributed by atoms with Gasteiger partial charge in [-0.05, 0) is 24.3 Å². The molecule has 2 aromatic carbocycles. The zero-order valence-corrected chi connectivity index (χ0v) is 18.3. The van der Waals surface area contributed by atoms with Gasteiger partial charge >= 0.3 is 12.1 Å². The van der Waals surface area contributed by atoms with Gasteiger partial charge in [0.05, 0.1) is 44.2 Å². The lowest BCUT2D eigenvalue weighted by molar-refractivity contribution is -0.138. The molecule has 188 valence electrons. The van der Waals surface area contributed by atoms with E-state index in [1.165, 1.54) is 25.3 Å². The van der Waals surface area contributed by atoms with Gasteiger partial charge in [0.1, 0.15) is 11.4 Å². The van der Waals surface area contributed by atoms with Crippen molar-refractivity contribution in [1.82, 2.24) is 4.90 Å². The molecule has 0 aromatic heterocycles. The van der Waals surface area contributed by atoms with Gasteiger partial charge in [0.2, 0.25) is 0 Å². The van der Waals surface area contributed by atoms with Gasteiger partial charge in [0, 0.05) is 12.6 Å². The van der Waals surface area contributed by atoms with Crippen LogP contribution in [0.4, 0.5) is 27.6 Å². The highest BCUT2D eigenvalue weighted by Crippen LogP contribution is 2.39. The van der Waals surface area contributed by atoms with Crippen LogP contribution in [0, 0.1) is 11.6 Å². The first kappa shape index (κ1) is 25.7. The number of ether oxygens (including phenoxy) is 3. The van der Waals surface area contributed by atoms with E-state index in [0.717, 1.165) is 12.0 Å². The van der Waals surface area contributed by atoms with Crippen molar-refractivity contribution in [1.29, 1.82) is 0 Å². The van der Waals surface area contributed by atoms with Crippen LogP contribution in [-0.2, 0) is 20.5 Å². The standard InChI is InChI=1S/C22H19F5N2O6/c1-33-12-3-4-17(35-19-14(23)7-11(8-15(19)24)22(25,26)27)16(9-12)28-18-13(21(32)34-2)10-29(5-6-30)20(18)31/h3-4,7-9,28,30H,5-6,10H2,1-2H3. The molecule has 1 amide bonds. The van der Waals surface area contributed by atoms with E-state index in [1.54, 1.807) is 0 Å². The molecule has 0 saturated heterocycles. The maximum absolute atomic E-state index is 14.4. The summed E-state index contributed by atoms with van der Waals surface area (Å²) < 4.78 is 82.3. The average Bonchev–Trinajstić information content (AvgIpc) is 3.11. The Morgan fingerprint density at radius 1 is 1.14 bits per heavy atom. The summed E-state index contributed by atoms with van der Waals surface area (Å²) in [5, 5.41) is 11.8. The van der Waals surface area contributed by atoms with Crippen molar-refractivity contribution in [2.75, 3.05) is 39.2 Å². The van der Waals surface area contributed by atoms with E-state index >= 15 is 0 Å². The molecule has 1 aliphatic heterocycles. The molecule has 0 aliphatic carbocycles. The summed E-state index contributed by atoms with van der Waals surface area (Å²) in [6.07, 6.45) is -4.98. The van der Waals surface area contributed by atoms with Crippen LogP contribution in [0.5, 0.6) is 17.2 Å². The number of anilines is 1. The molecule has 0 bridgehead atoms. The summed E-state index contributed by atoms with van der Waals surface area (Å²) >= 11 is 0. The Morgan fingerprint density at radius 3 is 2.34 bits per heavy atom. The fourth-order valence-electron chi connectivity index (χ4n) is 3.24. The number of nitrogens with zero attached hydrogens (tertiary/aromatic N) is 1. The van der Waals surface area contributed by atoms with Crippen LogP contribution >= 0.6 is 0 Å². The van der Waals surface area contributed by atoms with Gasteiger partial charge in [-0.3, -0.25) is 4.79 Å². The Bertz CT molecular complexity index is 1160. The van der Waals surface area contributed by atoms with Gasteiger partial charge in [0.15, 0.2) is 23.1 Å². The van der Waals surface area contributed by atoms with Crippen LogP contribution in [0.15, 0.2) is 41.6 Å². The smallest absolute Gasteiger partial charge is 0.416 e. The highest BCUT2D eigenvalue weighted by Gasteiger charge is 2.36. The molecule has 0 atom stereocenters. The number of benzene rings is 2. The minimum Gasteiger partial charge on any atom is -0.497 e. The molecule has 2 N–H and O–H groups in total. The van der Waals surface area contributed by atoms with Crippen molar-refractivity contribution in [2.24, 2.45) is 0 Å². The van der Waals surface area contributed by atoms with Crippen molar-refractivity contribution >= 4 is 17.6 Å². The van der Waals surface area contributed by atoms with Gasteiger partial charge in [-0.15, -0.1) is 0 Å². The second kappa shape index (κ2) is 10.2. The molecule has 35 heavy (non-hydrogen) atoms. The summed E-state index contributed by atoms with van der Waals surface area (Å²) in [7, 11) is 2.42. The number of esters is 1. The third-order valence-electron chi connectivity index (χ3n) is 4.94. The molecular formula is C22H19F5N2O6. The first-order valence-electron chi connectivity index (χ1n) is 9.90. The zero-order chi connectivity index (χ0) is 25.9. The maximum Gasteiger partial charge on any atom is 0.416 e. The molecule has 2 aromatic rings. The van der Waals surface area contributed by atoms with Crippen LogP contribution in [0.25, 0.3) is 0 Å². The molecule has 3 rings (SSSR count). The molecule has 13 heteroatoms. The van der Waals surface area contributed by atoms with Crippen LogP contribution in [0.2, 0.25) is 0 Å². The molecule has 0 radical (unpaired) electrons. The highest BCUT2D eigenvalue weighted by molar-refractivity contribution is 6.08. The van der Waals surface area contributed by atoms with E-state index in [0.29, 0.717) is 0 Å². The molecule has 0 unspecified atom stereocenters. The number of amides is 1. The van der Waals surface area contributed by atoms with Crippen molar-refractivity contribution in [3.05, 3.63) is 58.8 Å². The number of carbonyl (C=O) groups excluding carboxylic acids is 2. The average molecular weight is 502 g/mol. The first-order valence-corrected chi connectivity index (χ1v) is 9.90.